The van der Waals surface area contributed by atoms with Crippen LogP contribution >= 0.6 is 0 Å². The molecule has 28 heavy (non-hydrogen) atoms. The number of fused-ring (bicyclic) bond motifs is 1. The van der Waals surface area contributed by atoms with E-state index in [1.54, 1.807) is 26.1 Å². The summed E-state index contributed by atoms with van der Waals surface area (Å²) in [5, 5.41) is 15.4. The van der Waals surface area contributed by atoms with E-state index in [0.29, 0.717) is 37.4 Å². The molecule has 0 saturated carbocycles. The van der Waals surface area contributed by atoms with Crippen LogP contribution in [-0.2, 0) is 25.5 Å². The fourth-order valence-electron chi connectivity index (χ4n) is 3.70. The second-order valence-electron chi connectivity index (χ2n) is 7.20. The normalized spacial score (nSPS) is 21.6. The number of hydrogen-bond acceptors (Lipinski definition) is 6. The predicted octanol–water partition coefficient (Wildman–Crippen LogP) is -0.0568. The van der Waals surface area contributed by atoms with E-state index in [1.165, 1.54) is 11.1 Å². The van der Waals surface area contributed by atoms with E-state index in [0.717, 1.165) is 0 Å². The molecule has 3 N–H and O–H groups in total. The molecule has 1 aromatic rings. The number of carbonyl (C=O) groups excluding carboxylic acids is 2. The summed E-state index contributed by atoms with van der Waals surface area (Å²) in [6, 6.07) is 1.16. The Labute approximate surface area is 163 Å². The van der Waals surface area contributed by atoms with Crippen molar-refractivity contribution in [2.75, 3.05) is 25.2 Å². The number of pyridine rings is 1. The second-order valence-corrected chi connectivity index (χ2v) is 7.20. The average Bonchev–Trinajstić information content (AvgIpc) is 3.11. The van der Waals surface area contributed by atoms with Crippen molar-refractivity contribution >= 4 is 23.6 Å². The van der Waals surface area contributed by atoms with Crippen molar-refractivity contribution in [3.63, 3.8) is 0 Å². The van der Waals surface area contributed by atoms with Gasteiger partial charge in [-0.05, 0) is 44.4 Å². The zero-order chi connectivity index (χ0) is 20.3. The van der Waals surface area contributed by atoms with Crippen molar-refractivity contribution in [2.45, 2.75) is 44.3 Å². The first kappa shape index (κ1) is 20.2. The van der Waals surface area contributed by atoms with Gasteiger partial charge in [-0.15, -0.1) is 0 Å². The summed E-state index contributed by atoms with van der Waals surface area (Å²) >= 11 is 0. The quantitative estimate of drug-likeness (QED) is 0.622. The molecule has 0 bridgehead atoms. The molecule has 0 aromatic carbocycles. The number of rotatable bonds is 6. The molecule has 0 unspecified atom stereocenters. The van der Waals surface area contributed by atoms with Crippen molar-refractivity contribution in [1.29, 1.82) is 0 Å². The van der Waals surface area contributed by atoms with Crippen LogP contribution in [0, 0.1) is 5.92 Å². The lowest BCUT2D eigenvalue weighted by atomic mass is 9.90. The van der Waals surface area contributed by atoms with Crippen LogP contribution in [0.25, 0.3) is 0 Å². The fourth-order valence-corrected chi connectivity index (χ4v) is 3.70. The van der Waals surface area contributed by atoms with Gasteiger partial charge >= 0.3 is 5.97 Å². The number of aliphatic carboxylic acids is 1. The Morgan fingerprint density at radius 3 is 2.68 bits per heavy atom. The first-order chi connectivity index (χ1) is 13.4. The van der Waals surface area contributed by atoms with E-state index in [2.05, 4.69) is 15.6 Å². The van der Waals surface area contributed by atoms with E-state index < -0.39 is 30.0 Å². The zero-order valence-corrected chi connectivity index (χ0v) is 16.1. The Morgan fingerprint density at radius 1 is 1.32 bits per heavy atom. The van der Waals surface area contributed by atoms with E-state index in [-0.39, 0.29) is 18.2 Å². The lowest BCUT2D eigenvalue weighted by Gasteiger charge is -2.34. The number of aromatic nitrogens is 1. The van der Waals surface area contributed by atoms with E-state index >= 15 is 0 Å². The minimum absolute atomic E-state index is 0.128. The Bertz CT molecular complexity index is 750. The SMILES string of the molecule is CN[C@@H](C)C(=O)N[C@H](C(=O)N1c2ncccc2C[C@@H]1C(=O)O)C1CCOCC1. The van der Waals surface area contributed by atoms with Gasteiger partial charge in [0.2, 0.25) is 5.91 Å². The number of nitrogens with zero attached hydrogens (tertiary/aromatic N) is 2. The molecular formula is C19H26N4O5. The molecule has 1 aromatic heterocycles. The highest BCUT2D eigenvalue weighted by molar-refractivity contribution is 6.05. The van der Waals surface area contributed by atoms with Crippen LogP contribution < -0.4 is 15.5 Å². The van der Waals surface area contributed by atoms with E-state index in [1.807, 2.05) is 0 Å². The van der Waals surface area contributed by atoms with Crippen LogP contribution in [-0.4, -0.2) is 66.3 Å². The average molecular weight is 390 g/mol. The molecule has 9 heteroatoms. The zero-order valence-electron chi connectivity index (χ0n) is 16.1. The van der Waals surface area contributed by atoms with Gasteiger partial charge in [-0.25, -0.2) is 9.78 Å². The number of likely N-dealkylation sites (N-methyl/N-ethyl adjacent to an activating group) is 1. The minimum atomic E-state index is -1.09. The van der Waals surface area contributed by atoms with E-state index in [4.69, 9.17) is 4.74 Å². The molecule has 2 amide bonds. The number of amides is 2. The maximum atomic E-state index is 13.5. The molecule has 3 rings (SSSR count). The Kier molecular flexibility index (Phi) is 6.25. The van der Waals surface area contributed by atoms with Crippen molar-refractivity contribution < 1.29 is 24.2 Å². The standard InChI is InChI=1S/C19H26N4O5/c1-11(20-2)17(24)22-15(12-5-8-28-9-6-12)18(25)23-14(19(26)27)10-13-4-3-7-21-16(13)23/h3-4,7,11-12,14-15,20H,5-6,8-10H2,1-2H3,(H,22,24)(H,26,27)/t11-,14+,15-/m0/s1. The molecule has 0 aliphatic carbocycles. The third-order valence-electron chi connectivity index (χ3n) is 5.47. The van der Waals surface area contributed by atoms with Crippen molar-refractivity contribution in [2.24, 2.45) is 5.92 Å². The molecule has 1 saturated heterocycles. The topological polar surface area (TPSA) is 121 Å². The number of carbonyl (C=O) groups is 3. The summed E-state index contributed by atoms with van der Waals surface area (Å²) in [7, 11) is 1.66. The van der Waals surface area contributed by atoms with Crippen LogP contribution in [0.15, 0.2) is 18.3 Å². The summed E-state index contributed by atoms with van der Waals surface area (Å²) in [5.74, 6) is -1.61. The third kappa shape index (κ3) is 4.00. The number of carboxylic acid groups (broad SMARTS) is 1. The maximum Gasteiger partial charge on any atom is 0.327 e. The van der Waals surface area contributed by atoms with Crippen molar-refractivity contribution in [3.05, 3.63) is 23.9 Å². The molecular weight excluding hydrogens is 364 g/mol. The molecule has 1 fully saturated rings. The molecule has 0 radical (unpaired) electrons. The molecule has 9 nitrogen and oxygen atoms in total. The summed E-state index contributed by atoms with van der Waals surface area (Å²) < 4.78 is 5.39. The maximum absolute atomic E-state index is 13.5. The third-order valence-corrected chi connectivity index (χ3v) is 5.47. The molecule has 3 atom stereocenters. The summed E-state index contributed by atoms with van der Waals surface area (Å²) in [5.41, 5.74) is 0.712. The van der Waals surface area contributed by atoms with Gasteiger partial charge in [0.15, 0.2) is 0 Å². The van der Waals surface area contributed by atoms with Gasteiger partial charge < -0.3 is 20.5 Å². The highest BCUT2D eigenvalue weighted by atomic mass is 16.5. The summed E-state index contributed by atoms with van der Waals surface area (Å²) in [4.78, 5) is 43.3. The smallest absolute Gasteiger partial charge is 0.327 e. The van der Waals surface area contributed by atoms with Crippen LogP contribution in [0.2, 0.25) is 0 Å². The Hall–Kier alpha value is -2.52. The molecule has 2 aliphatic heterocycles. The lowest BCUT2D eigenvalue weighted by Crippen LogP contribution is -2.58. The Balaban J connectivity index is 1.92. The van der Waals surface area contributed by atoms with Gasteiger partial charge in [0.25, 0.3) is 5.91 Å². The molecule has 2 aliphatic rings. The minimum Gasteiger partial charge on any atom is -0.480 e. The largest absolute Gasteiger partial charge is 0.480 e. The highest BCUT2D eigenvalue weighted by Gasteiger charge is 2.44. The van der Waals surface area contributed by atoms with Crippen LogP contribution in [0.5, 0.6) is 0 Å². The Morgan fingerprint density at radius 2 is 2.04 bits per heavy atom. The monoisotopic (exact) mass is 390 g/mol. The number of anilines is 1. The van der Waals surface area contributed by atoms with Crippen LogP contribution in [0.3, 0.4) is 0 Å². The van der Waals surface area contributed by atoms with E-state index in [9.17, 15) is 19.5 Å². The van der Waals surface area contributed by atoms with Crippen molar-refractivity contribution in [3.8, 4) is 0 Å². The first-order valence-electron chi connectivity index (χ1n) is 9.49. The van der Waals surface area contributed by atoms with Gasteiger partial charge in [-0.1, -0.05) is 6.07 Å². The van der Waals surface area contributed by atoms with Gasteiger partial charge in [0.05, 0.1) is 6.04 Å². The molecule has 152 valence electrons. The van der Waals surface area contributed by atoms with Gasteiger partial charge in [0, 0.05) is 25.8 Å². The second kappa shape index (κ2) is 8.66. The number of ether oxygens (including phenoxy) is 1. The summed E-state index contributed by atoms with van der Waals surface area (Å²) in [6.45, 7) is 2.71. The lowest BCUT2D eigenvalue weighted by molar-refractivity contribution is -0.140. The first-order valence-corrected chi connectivity index (χ1v) is 9.49. The number of nitrogens with one attached hydrogen (secondary N) is 2. The van der Waals surface area contributed by atoms with Gasteiger partial charge in [-0.3, -0.25) is 14.5 Å². The number of hydrogen-bond donors (Lipinski definition) is 3. The van der Waals surface area contributed by atoms with Gasteiger partial charge in [0.1, 0.15) is 17.9 Å². The molecule has 3 heterocycles. The van der Waals surface area contributed by atoms with Gasteiger partial charge in [-0.2, -0.15) is 0 Å². The van der Waals surface area contributed by atoms with Crippen molar-refractivity contribution in [1.82, 2.24) is 15.6 Å². The molecule has 0 spiro atoms. The summed E-state index contributed by atoms with van der Waals surface area (Å²) in [6.07, 6.45) is 2.97. The van der Waals surface area contributed by atoms with Crippen LogP contribution in [0.4, 0.5) is 5.82 Å². The predicted molar refractivity (Wildman–Crippen MR) is 101 cm³/mol. The fraction of sp³-hybridized carbons (Fsp3) is 0.579. The number of carboxylic acids is 1. The van der Waals surface area contributed by atoms with Crippen LogP contribution in [0.1, 0.15) is 25.3 Å². The highest BCUT2D eigenvalue weighted by Crippen LogP contribution is 2.32.